The average molecular weight is 1100 g/mol. The molecular weight excluding hydrogens is 1050 g/mol. The molecule has 2 unspecified atom stereocenters. The van der Waals surface area contributed by atoms with Crippen molar-refractivity contribution in [3.05, 3.63) is 213 Å². The maximum absolute atomic E-state index is 14.0. The molecule has 392 valence electrons. The molecule has 10 rings (SSSR count). The van der Waals surface area contributed by atoms with Crippen LogP contribution >= 0.6 is 35.6 Å². The maximum atomic E-state index is 14.0. The number of carbonyl (C=O) groups is 2. The minimum absolute atomic E-state index is 0. The number of carbonyl (C=O) groups excluding carboxylic acids is 1. The van der Waals surface area contributed by atoms with Crippen LogP contribution in [-0.2, 0) is 35.5 Å². The van der Waals surface area contributed by atoms with Crippen molar-refractivity contribution in [1.29, 1.82) is 0 Å². The van der Waals surface area contributed by atoms with Crippen LogP contribution in [0.5, 0.6) is 0 Å². The smallest absolute Gasteiger partial charge is 0.323 e. The van der Waals surface area contributed by atoms with Crippen LogP contribution in [0.3, 0.4) is 0 Å². The van der Waals surface area contributed by atoms with Gasteiger partial charge in [-0.1, -0.05) is 23.2 Å². The molecule has 0 saturated carbocycles. The molecule has 19 heteroatoms. The van der Waals surface area contributed by atoms with E-state index in [4.69, 9.17) is 42.9 Å². The lowest BCUT2D eigenvalue weighted by atomic mass is 9.89. The van der Waals surface area contributed by atoms with Gasteiger partial charge in [0.25, 0.3) is 0 Å². The first-order valence-corrected chi connectivity index (χ1v) is 24.2. The first-order chi connectivity index (χ1) is 35.9. The van der Waals surface area contributed by atoms with E-state index in [0.717, 1.165) is 62.0 Å². The van der Waals surface area contributed by atoms with Crippen LogP contribution in [0.15, 0.2) is 143 Å². The number of aliphatic carboxylic acids is 1. The lowest BCUT2D eigenvalue weighted by molar-refractivity contribution is -0.137. The van der Waals surface area contributed by atoms with Crippen LogP contribution in [0, 0.1) is 51.0 Å². The molecule has 0 aliphatic heterocycles. The minimum atomic E-state index is -0.854. The predicted molar refractivity (Wildman–Crippen MR) is 287 cm³/mol. The van der Waals surface area contributed by atoms with Crippen molar-refractivity contribution in [2.45, 2.75) is 72.0 Å². The molecule has 0 saturated heterocycles. The highest BCUT2D eigenvalue weighted by Crippen LogP contribution is 2.35. The fourth-order valence-corrected chi connectivity index (χ4v) is 8.86. The van der Waals surface area contributed by atoms with Gasteiger partial charge in [-0.25, -0.2) is 37.5 Å². The number of rotatable bonds is 14. The highest BCUT2D eigenvalue weighted by Gasteiger charge is 2.26. The largest absolute Gasteiger partial charge is 0.480 e. The number of hydrogen-bond donors (Lipinski definition) is 2. The Morgan fingerprint density at radius 2 is 0.987 bits per heavy atom. The van der Waals surface area contributed by atoms with Crippen LogP contribution in [0.2, 0.25) is 10.0 Å². The Hall–Kier alpha value is -7.63. The fourth-order valence-electron chi connectivity index (χ4n) is 8.61. The molecule has 3 N–H and O–H groups in total. The number of carboxylic acid groups (broad SMARTS) is 1. The molecule has 0 fully saturated rings. The number of ketones is 1. The van der Waals surface area contributed by atoms with E-state index in [0.29, 0.717) is 44.1 Å². The number of aromatic nitrogens is 6. The van der Waals surface area contributed by atoms with Crippen LogP contribution in [0.4, 0.5) is 17.6 Å². The van der Waals surface area contributed by atoms with Crippen LogP contribution in [0.25, 0.3) is 44.7 Å². The molecule has 0 bridgehead atoms. The minimum Gasteiger partial charge on any atom is -0.480 e. The first-order valence-electron chi connectivity index (χ1n) is 23.5. The zero-order valence-electron chi connectivity index (χ0n) is 41.4. The Bertz CT molecular complexity index is 3610. The molecule has 76 heavy (non-hydrogen) atoms. The van der Waals surface area contributed by atoms with Gasteiger partial charge < -0.3 is 28.8 Å². The standard InChI is InChI=1S/C29H24ClF2N3O2.C17H13ClF2N2O.C11H12N2O2.ClH/c1-17-7-26-27(8-18(17)2)35(15-33-26)14-25(36)12-21(9-19-10-23(31)13-24(32)11-19)28-29(37-16-34-28)20-3-5-22(30)6-4-20;18-12-3-1-11(2-4-12)17-16(22-9-23-17)15(21)7-10-5-13(19)8-14(20)6-10;1-7-3-9-10(4-8(7)2)13(6-12-9)5-11(14)15;/h3-8,10-11,13,15-16,21H,9,12,14H2,1-2H3;1-6,8-9,15H,7,21H2;3-4,6H,5H2,1-2H3,(H,14,15);1H. The number of nitrogens with two attached hydrogens (primary N) is 1. The molecule has 0 aliphatic rings. The molecule has 0 spiro atoms. The predicted octanol–water partition coefficient (Wildman–Crippen LogP) is 13.9. The third-order valence-electron chi connectivity index (χ3n) is 12.5. The first kappa shape index (κ1) is 56.1. The van der Waals surface area contributed by atoms with E-state index in [1.54, 1.807) is 65.8 Å². The number of oxazole rings is 2. The van der Waals surface area contributed by atoms with E-state index in [-0.39, 0.29) is 50.5 Å². The number of carboxylic acids is 1. The van der Waals surface area contributed by atoms with Crippen molar-refractivity contribution < 1.29 is 41.1 Å². The summed E-state index contributed by atoms with van der Waals surface area (Å²) in [6.07, 6.45) is 6.38. The van der Waals surface area contributed by atoms with Gasteiger partial charge >= 0.3 is 5.97 Å². The highest BCUT2D eigenvalue weighted by atomic mass is 35.5. The van der Waals surface area contributed by atoms with Gasteiger partial charge in [-0.3, -0.25) is 9.59 Å². The number of fused-ring (bicyclic) bond motifs is 2. The average Bonchev–Trinajstić information content (AvgIpc) is 4.18. The molecule has 10 aromatic rings. The van der Waals surface area contributed by atoms with E-state index >= 15 is 0 Å². The molecule has 12 nitrogen and oxygen atoms in total. The van der Waals surface area contributed by atoms with Gasteiger partial charge in [-0.15, -0.1) is 12.4 Å². The SMILES string of the molecule is Cc1cc2ncn(CC(=O)CC(Cc3cc(F)cc(F)c3)c3ncoc3-c3ccc(Cl)cc3)c2cc1C.Cc1cc2ncn(CC(=O)O)c2cc1C.Cl.NC(Cc1cc(F)cc(F)c1)c1ncoc1-c1ccc(Cl)cc1. The second-order valence-electron chi connectivity index (χ2n) is 18.1. The van der Waals surface area contributed by atoms with Crippen LogP contribution < -0.4 is 5.73 Å². The van der Waals surface area contributed by atoms with Crippen LogP contribution in [0.1, 0.15) is 63.1 Å². The van der Waals surface area contributed by atoms with Gasteiger partial charge in [0, 0.05) is 45.6 Å². The summed E-state index contributed by atoms with van der Waals surface area (Å²) >= 11 is 11.9. The lowest BCUT2D eigenvalue weighted by Crippen LogP contribution is -2.16. The Kier molecular flexibility index (Phi) is 18.3. The van der Waals surface area contributed by atoms with Gasteiger partial charge in [0.2, 0.25) is 0 Å². The van der Waals surface area contributed by atoms with E-state index < -0.39 is 41.2 Å². The molecule has 0 radical (unpaired) electrons. The summed E-state index contributed by atoms with van der Waals surface area (Å²) in [7, 11) is 0. The van der Waals surface area contributed by atoms with Crippen LogP contribution in [-0.4, -0.2) is 45.9 Å². The van der Waals surface area contributed by atoms with Crippen molar-refractivity contribution >= 4 is 69.4 Å². The summed E-state index contributed by atoms with van der Waals surface area (Å²) in [4.78, 5) is 41.1. The quantitative estimate of drug-likeness (QED) is 0.100. The zero-order chi connectivity index (χ0) is 53.5. The fraction of sp³-hybridized carbons (Fsp3) is 0.193. The van der Waals surface area contributed by atoms with Gasteiger partial charge in [-0.05, 0) is 171 Å². The molecule has 6 aromatic carbocycles. The Labute approximate surface area is 450 Å². The molecule has 2 atom stereocenters. The van der Waals surface area contributed by atoms with Crippen molar-refractivity contribution in [2.24, 2.45) is 5.73 Å². The third-order valence-corrected chi connectivity index (χ3v) is 13.0. The number of halogens is 7. The van der Waals surface area contributed by atoms with Crippen molar-refractivity contribution in [2.75, 3.05) is 0 Å². The van der Waals surface area contributed by atoms with E-state index in [2.05, 4.69) is 19.9 Å². The zero-order valence-corrected chi connectivity index (χ0v) is 43.7. The summed E-state index contributed by atoms with van der Waals surface area (Å²) in [6.45, 7) is 8.14. The second kappa shape index (κ2) is 24.8. The maximum Gasteiger partial charge on any atom is 0.323 e. The molecule has 0 aliphatic carbocycles. The molecule has 0 amide bonds. The van der Waals surface area contributed by atoms with E-state index in [9.17, 15) is 27.2 Å². The number of benzene rings is 6. The third kappa shape index (κ3) is 14.0. The number of Topliss-reactive ketones (excluding diaryl/α,β-unsaturated/α-hetero) is 1. The van der Waals surface area contributed by atoms with Crippen molar-refractivity contribution in [3.63, 3.8) is 0 Å². The topological polar surface area (TPSA) is 168 Å². The van der Waals surface area contributed by atoms with Crippen molar-refractivity contribution in [3.8, 4) is 22.6 Å². The summed E-state index contributed by atoms with van der Waals surface area (Å²) in [5, 5.41) is 9.90. The van der Waals surface area contributed by atoms with Gasteiger partial charge in [0.1, 0.15) is 35.5 Å². The number of imidazole rings is 2. The summed E-state index contributed by atoms with van der Waals surface area (Å²) in [5.41, 5.74) is 17.6. The lowest BCUT2D eigenvalue weighted by Gasteiger charge is -2.16. The number of hydrogen-bond acceptors (Lipinski definition) is 9. The van der Waals surface area contributed by atoms with E-state index in [1.165, 1.54) is 42.6 Å². The highest BCUT2D eigenvalue weighted by molar-refractivity contribution is 6.31. The monoisotopic (exact) mass is 1090 g/mol. The molecule has 4 aromatic heterocycles. The second-order valence-corrected chi connectivity index (χ2v) is 19.0. The van der Waals surface area contributed by atoms with E-state index in [1.807, 2.05) is 56.5 Å². The Morgan fingerprint density at radius 3 is 1.45 bits per heavy atom. The van der Waals surface area contributed by atoms with Gasteiger partial charge in [0.05, 0.1) is 53.0 Å². The van der Waals surface area contributed by atoms with Gasteiger partial charge in [0.15, 0.2) is 30.1 Å². The summed E-state index contributed by atoms with van der Waals surface area (Å²) in [5.74, 6) is -3.00. The molecule has 4 heterocycles. The Balaban J connectivity index is 0.000000183. The summed E-state index contributed by atoms with van der Waals surface area (Å²) < 4.78 is 69.1. The number of nitrogens with zero attached hydrogens (tertiary/aromatic N) is 6. The summed E-state index contributed by atoms with van der Waals surface area (Å²) in [6, 6.07) is 28.2. The normalized spacial score (nSPS) is 11.8. The molecular formula is C57H50Cl3F4N7O5. The number of aryl methyl sites for hydroxylation is 4. The Morgan fingerprint density at radius 1 is 0.579 bits per heavy atom. The van der Waals surface area contributed by atoms with Crippen molar-refractivity contribution in [1.82, 2.24) is 29.1 Å². The van der Waals surface area contributed by atoms with Gasteiger partial charge in [-0.2, -0.15) is 0 Å².